The van der Waals surface area contributed by atoms with Crippen LogP contribution < -0.4 is 5.73 Å². The lowest BCUT2D eigenvalue weighted by atomic mass is 10.0. The van der Waals surface area contributed by atoms with E-state index in [-0.39, 0.29) is 6.10 Å². The van der Waals surface area contributed by atoms with Crippen molar-refractivity contribution in [2.45, 2.75) is 18.9 Å². The lowest BCUT2D eigenvalue weighted by molar-refractivity contribution is -0.0337. The van der Waals surface area contributed by atoms with Gasteiger partial charge in [-0.1, -0.05) is 0 Å². The molecule has 4 heteroatoms. The van der Waals surface area contributed by atoms with Gasteiger partial charge in [-0.15, -0.1) is 0 Å². The van der Waals surface area contributed by atoms with E-state index < -0.39 is 0 Å². The quantitative estimate of drug-likeness (QED) is 0.679. The molecule has 1 fully saturated rings. The molecule has 0 spiro atoms. The number of rotatable bonds is 6. The Morgan fingerprint density at radius 2 is 2.14 bits per heavy atom. The average Bonchev–Trinajstić information content (AvgIpc) is 2.25. The zero-order valence-corrected chi connectivity index (χ0v) is 8.91. The maximum atomic E-state index is 5.67. The van der Waals surface area contributed by atoms with Gasteiger partial charge < -0.3 is 19.9 Å². The Morgan fingerprint density at radius 1 is 1.43 bits per heavy atom. The molecule has 84 valence electrons. The van der Waals surface area contributed by atoms with Crippen molar-refractivity contribution in [1.82, 2.24) is 0 Å². The van der Waals surface area contributed by atoms with Crippen molar-refractivity contribution < 1.29 is 14.2 Å². The molecule has 1 heterocycles. The van der Waals surface area contributed by atoms with Crippen LogP contribution >= 0.6 is 0 Å². The second-order valence-corrected chi connectivity index (χ2v) is 3.70. The van der Waals surface area contributed by atoms with Crippen molar-refractivity contribution in [3.8, 4) is 0 Å². The summed E-state index contributed by atoms with van der Waals surface area (Å²) >= 11 is 0. The standard InChI is InChI=1S/C10H21NO3/c1-12-8-10(6-11)14-7-9-2-4-13-5-3-9/h9-10H,2-8,11H2,1H3. The third-order valence-corrected chi connectivity index (χ3v) is 2.52. The van der Waals surface area contributed by atoms with Crippen molar-refractivity contribution in [3.63, 3.8) is 0 Å². The summed E-state index contributed by atoms with van der Waals surface area (Å²) in [5.74, 6) is 0.634. The smallest absolute Gasteiger partial charge is 0.0930 e. The molecular weight excluding hydrogens is 182 g/mol. The van der Waals surface area contributed by atoms with Gasteiger partial charge in [0.05, 0.1) is 19.3 Å². The fourth-order valence-electron chi connectivity index (χ4n) is 1.56. The maximum absolute atomic E-state index is 5.67. The Hall–Kier alpha value is -0.160. The molecule has 1 aliphatic heterocycles. The molecule has 1 rings (SSSR count). The number of nitrogens with two attached hydrogens (primary N) is 1. The van der Waals surface area contributed by atoms with Gasteiger partial charge in [0, 0.05) is 26.9 Å². The summed E-state index contributed by atoms with van der Waals surface area (Å²) in [5, 5.41) is 0. The first kappa shape index (κ1) is 11.9. The molecule has 0 aromatic carbocycles. The highest BCUT2D eigenvalue weighted by atomic mass is 16.5. The van der Waals surface area contributed by atoms with Gasteiger partial charge in [-0.2, -0.15) is 0 Å². The van der Waals surface area contributed by atoms with Gasteiger partial charge in [0.25, 0.3) is 0 Å². The highest BCUT2D eigenvalue weighted by Gasteiger charge is 2.16. The van der Waals surface area contributed by atoms with E-state index in [0.29, 0.717) is 19.1 Å². The molecule has 1 atom stereocenters. The summed E-state index contributed by atoms with van der Waals surface area (Å²) in [7, 11) is 1.67. The zero-order chi connectivity index (χ0) is 10.2. The summed E-state index contributed by atoms with van der Waals surface area (Å²) < 4.78 is 15.9. The van der Waals surface area contributed by atoms with Gasteiger partial charge in [-0.3, -0.25) is 0 Å². The van der Waals surface area contributed by atoms with E-state index in [1.165, 1.54) is 0 Å². The van der Waals surface area contributed by atoms with E-state index in [2.05, 4.69) is 0 Å². The van der Waals surface area contributed by atoms with Crippen LogP contribution in [0, 0.1) is 5.92 Å². The zero-order valence-electron chi connectivity index (χ0n) is 8.91. The minimum Gasteiger partial charge on any atom is -0.382 e. The highest BCUT2D eigenvalue weighted by molar-refractivity contribution is 4.64. The van der Waals surface area contributed by atoms with Crippen LogP contribution in [-0.2, 0) is 14.2 Å². The second kappa shape index (κ2) is 7.17. The average molecular weight is 203 g/mol. The molecule has 1 unspecified atom stereocenters. The van der Waals surface area contributed by atoms with Gasteiger partial charge in [0.1, 0.15) is 0 Å². The van der Waals surface area contributed by atoms with Crippen LogP contribution in [0.5, 0.6) is 0 Å². The normalized spacial score (nSPS) is 21.0. The molecule has 0 amide bonds. The number of hydrogen-bond donors (Lipinski definition) is 1. The molecule has 0 bridgehead atoms. The first-order chi connectivity index (χ1) is 6.86. The molecule has 1 aliphatic rings. The summed E-state index contributed by atoms with van der Waals surface area (Å²) in [4.78, 5) is 0. The Morgan fingerprint density at radius 3 is 2.71 bits per heavy atom. The minimum absolute atomic E-state index is 0.0443. The Balaban J connectivity index is 2.10. The molecule has 0 aliphatic carbocycles. The van der Waals surface area contributed by atoms with Crippen LogP contribution in [0.25, 0.3) is 0 Å². The summed E-state index contributed by atoms with van der Waals surface area (Å²) in [6.07, 6.45) is 2.25. The molecule has 2 N–H and O–H groups in total. The van der Waals surface area contributed by atoms with Crippen LogP contribution in [0.2, 0.25) is 0 Å². The predicted molar refractivity (Wildman–Crippen MR) is 54.2 cm³/mol. The Bertz CT molecular complexity index is 133. The van der Waals surface area contributed by atoms with E-state index in [9.17, 15) is 0 Å². The van der Waals surface area contributed by atoms with Gasteiger partial charge in [0.2, 0.25) is 0 Å². The predicted octanol–water partition coefficient (Wildman–Crippen LogP) is 0.403. The topological polar surface area (TPSA) is 53.7 Å². The van der Waals surface area contributed by atoms with E-state index in [0.717, 1.165) is 32.7 Å². The van der Waals surface area contributed by atoms with E-state index in [4.69, 9.17) is 19.9 Å². The van der Waals surface area contributed by atoms with Crippen molar-refractivity contribution in [3.05, 3.63) is 0 Å². The molecule has 0 saturated carbocycles. The van der Waals surface area contributed by atoms with Crippen molar-refractivity contribution in [2.75, 3.05) is 40.1 Å². The highest BCUT2D eigenvalue weighted by Crippen LogP contribution is 2.15. The largest absolute Gasteiger partial charge is 0.382 e. The monoisotopic (exact) mass is 203 g/mol. The minimum atomic E-state index is 0.0443. The van der Waals surface area contributed by atoms with E-state index >= 15 is 0 Å². The van der Waals surface area contributed by atoms with Crippen molar-refractivity contribution in [2.24, 2.45) is 11.7 Å². The van der Waals surface area contributed by atoms with Gasteiger partial charge in [0.15, 0.2) is 0 Å². The van der Waals surface area contributed by atoms with Crippen molar-refractivity contribution in [1.29, 1.82) is 0 Å². The van der Waals surface area contributed by atoms with Crippen LogP contribution in [0.15, 0.2) is 0 Å². The fraction of sp³-hybridized carbons (Fsp3) is 1.00. The van der Waals surface area contributed by atoms with Crippen LogP contribution in [-0.4, -0.2) is 46.2 Å². The van der Waals surface area contributed by atoms with Gasteiger partial charge >= 0.3 is 0 Å². The third-order valence-electron chi connectivity index (χ3n) is 2.52. The van der Waals surface area contributed by atoms with E-state index in [1.807, 2.05) is 0 Å². The molecule has 1 saturated heterocycles. The van der Waals surface area contributed by atoms with Crippen LogP contribution in [0.4, 0.5) is 0 Å². The molecule has 14 heavy (non-hydrogen) atoms. The van der Waals surface area contributed by atoms with Crippen molar-refractivity contribution >= 4 is 0 Å². The summed E-state index contributed by atoms with van der Waals surface area (Å²) in [6.45, 7) is 3.63. The van der Waals surface area contributed by atoms with Gasteiger partial charge in [-0.05, 0) is 18.8 Å². The number of hydrogen-bond acceptors (Lipinski definition) is 4. The van der Waals surface area contributed by atoms with Gasteiger partial charge in [-0.25, -0.2) is 0 Å². The lowest BCUT2D eigenvalue weighted by Gasteiger charge is -2.24. The molecular formula is C10H21NO3. The molecule has 0 radical (unpaired) electrons. The number of ether oxygens (including phenoxy) is 3. The molecule has 0 aromatic rings. The fourth-order valence-corrected chi connectivity index (χ4v) is 1.56. The molecule has 0 aromatic heterocycles. The Labute approximate surface area is 85.7 Å². The second-order valence-electron chi connectivity index (χ2n) is 3.70. The first-order valence-corrected chi connectivity index (χ1v) is 5.25. The van der Waals surface area contributed by atoms with E-state index in [1.54, 1.807) is 7.11 Å². The van der Waals surface area contributed by atoms with Crippen LogP contribution in [0.3, 0.4) is 0 Å². The summed E-state index contributed by atoms with van der Waals surface area (Å²) in [6, 6.07) is 0. The number of methoxy groups -OCH3 is 1. The summed E-state index contributed by atoms with van der Waals surface area (Å²) in [5.41, 5.74) is 5.54. The SMILES string of the molecule is COCC(CN)OCC1CCOCC1. The van der Waals surface area contributed by atoms with Crippen LogP contribution in [0.1, 0.15) is 12.8 Å². The third kappa shape index (κ3) is 4.37. The Kier molecular flexibility index (Phi) is 6.10. The lowest BCUT2D eigenvalue weighted by Crippen LogP contribution is -2.31. The molecule has 4 nitrogen and oxygen atoms in total. The maximum Gasteiger partial charge on any atom is 0.0930 e. The first-order valence-electron chi connectivity index (χ1n) is 5.25.